The van der Waals surface area contributed by atoms with Gasteiger partial charge in [-0.2, -0.15) is 0 Å². The Balaban J connectivity index is 1.38. The molecule has 2 atom stereocenters. The molecular formula is C22H23N5O3S. The molecule has 3 aromatic rings. The molecule has 0 radical (unpaired) electrons. The molecule has 1 amide bonds. The number of thioether (sulfide) groups is 1. The molecule has 0 saturated heterocycles. The molecule has 1 aliphatic rings. The highest BCUT2D eigenvalue weighted by molar-refractivity contribution is 7.99. The summed E-state index contributed by atoms with van der Waals surface area (Å²) in [5.41, 5.74) is 2.91. The van der Waals surface area contributed by atoms with Crippen LogP contribution in [0.15, 0.2) is 53.7 Å². The average molecular weight is 438 g/mol. The quantitative estimate of drug-likeness (QED) is 0.316. The molecule has 31 heavy (non-hydrogen) atoms. The minimum atomic E-state index is -0.489. The molecule has 1 fully saturated rings. The number of nitro groups is 1. The van der Waals surface area contributed by atoms with Crippen LogP contribution in [-0.2, 0) is 11.3 Å². The SMILES string of the molecule is CCn1c(SCC(=O)Nc2cccc([N+](=O)[O-])c2)nnc1[C@H]1C[C@H]1c1ccc(C)cc1. The Bertz CT molecular complexity index is 1110. The maximum Gasteiger partial charge on any atom is 0.271 e. The van der Waals surface area contributed by atoms with Crippen molar-refractivity contribution >= 4 is 29.0 Å². The summed E-state index contributed by atoms with van der Waals surface area (Å²) in [6.45, 7) is 4.86. The van der Waals surface area contributed by atoms with E-state index in [4.69, 9.17) is 0 Å². The Morgan fingerprint density at radius 2 is 2.00 bits per heavy atom. The lowest BCUT2D eigenvalue weighted by Gasteiger charge is -2.08. The van der Waals surface area contributed by atoms with Gasteiger partial charge < -0.3 is 9.88 Å². The van der Waals surface area contributed by atoms with Crippen LogP contribution in [0.25, 0.3) is 0 Å². The fourth-order valence-electron chi connectivity index (χ4n) is 3.67. The minimum absolute atomic E-state index is 0.0617. The van der Waals surface area contributed by atoms with E-state index >= 15 is 0 Å². The van der Waals surface area contributed by atoms with Crippen LogP contribution in [0, 0.1) is 17.0 Å². The molecule has 1 aliphatic carbocycles. The van der Waals surface area contributed by atoms with Gasteiger partial charge in [-0.15, -0.1) is 10.2 Å². The summed E-state index contributed by atoms with van der Waals surface area (Å²) >= 11 is 1.32. The monoisotopic (exact) mass is 437 g/mol. The van der Waals surface area contributed by atoms with Gasteiger partial charge in [-0.05, 0) is 37.8 Å². The molecule has 8 nitrogen and oxygen atoms in total. The molecule has 2 aromatic carbocycles. The molecule has 160 valence electrons. The van der Waals surface area contributed by atoms with Crippen molar-refractivity contribution in [1.29, 1.82) is 0 Å². The van der Waals surface area contributed by atoms with Crippen molar-refractivity contribution in [1.82, 2.24) is 14.8 Å². The van der Waals surface area contributed by atoms with Crippen LogP contribution in [0.2, 0.25) is 0 Å². The van der Waals surface area contributed by atoms with Gasteiger partial charge >= 0.3 is 0 Å². The summed E-state index contributed by atoms with van der Waals surface area (Å²) in [6.07, 6.45) is 1.05. The van der Waals surface area contributed by atoms with Crippen LogP contribution in [0.1, 0.15) is 42.1 Å². The topological polar surface area (TPSA) is 103 Å². The molecule has 1 N–H and O–H groups in total. The number of benzene rings is 2. The smallest absolute Gasteiger partial charge is 0.271 e. The number of aromatic nitrogens is 3. The van der Waals surface area contributed by atoms with E-state index in [1.165, 1.54) is 35.0 Å². The first-order valence-electron chi connectivity index (χ1n) is 10.1. The first-order valence-corrected chi connectivity index (χ1v) is 11.1. The van der Waals surface area contributed by atoms with Crippen LogP contribution in [0.5, 0.6) is 0 Å². The van der Waals surface area contributed by atoms with Crippen LogP contribution in [0.3, 0.4) is 0 Å². The standard InChI is InChI=1S/C22H23N5O3S/c1-3-26-21(19-12-18(19)15-9-7-14(2)8-10-15)24-25-22(26)31-13-20(28)23-16-5-4-6-17(11-16)27(29)30/h4-11,18-19H,3,12-13H2,1-2H3,(H,23,28)/t18-,19-/m0/s1. The number of nitrogens with zero attached hydrogens (tertiary/aromatic N) is 4. The summed E-state index contributed by atoms with van der Waals surface area (Å²) in [5.74, 6) is 1.68. The van der Waals surface area contributed by atoms with Crippen LogP contribution >= 0.6 is 11.8 Å². The van der Waals surface area contributed by atoms with Crippen molar-refractivity contribution in [3.05, 3.63) is 75.6 Å². The summed E-state index contributed by atoms with van der Waals surface area (Å²) in [4.78, 5) is 22.7. The van der Waals surface area contributed by atoms with Crippen molar-refractivity contribution in [3.8, 4) is 0 Å². The molecule has 1 aromatic heterocycles. The third kappa shape index (κ3) is 4.77. The molecule has 1 saturated carbocycles. The summed E-state index contributed by atoms with van der Waals surface area (Å²) in [7, 11) is 0. The Kier molecular flexibility index (Phi) is 6.03. The summed E-state index contributed by atoms with van der Waals surface area (Å²) in [6, 6.07) is 14.5. The molecule has 0 spiro atoms. The fraction of sp³-hybridized carbons (Fsp3) is 0.318. The number of carbonyl (C=O) groups excluding carboxylic acids is 1. The van der Waals surface area contributed by atoms with Gasteiger partial charge in [-0.3, -0.25) is 14.9 Å². The highest BCUT2D eigenvalue weighted by Gasteiger charge is 2.43. The highest BCUT2D eigenvalue weighted by Crippen LogP contribution is 2.54. The normalized spacial score (nSPS) is 17.4. The number of aryl methyl sites for hydroxylation is 1. The molecular weight excluding hydrogens is 414 g/mol. The van der Waals surface area contributed by atoms with Gasteiger partial charge in [0, 0.05) is 30.3 Å². The first-order chi connectivity index (χ1) is 15.0. The number of carbonyl (C=O) groups is 1. The Hall–Kier alpha value is -3.20. The van der Waals surface area contributed by atoms with E-state index in [1.807, 2.05) is 6.92 Å². The number of nitrogens with one attached hydrogen (secondary N) is 1. The van der Waals surface area contributed by atoms with Crippen LogP contribution in [-0.4, -0.2) is 31.3 Å². The number of non-ortho nitro benzene ring substituents is 1. The number of rotatable bonds is 8. The largest absolute Gasteiger partial charge is 0.325 e. The number of hydrogen-bond acceptors (Lipinski definition) is 6. The highest BCUT2D eigenvalue weighted by atomic mass is 32.2. The summed E-state index contributed by atoms with van der Waals surface area (Å²) in [5, 5.41) is 23.0. The molecule has 0 unspecified atom stereocenters. The van der Waals surface area contributed by atoms with Gasteiger partial charge in [0.1, 0.15) is 5.82 Å². The van der Waals surface area contributed by atoms with E-state index in [0.29, 0.717) is 22.7 Å². The average Bonchev–Trinajstić information content (AvgIpc) is 3.44. The Morgan fingerprint density at radius 3 is 2.71 bits per heavy atom. The summed E-state index contributed by atoms with van der Waals surface area (Å²) < 4.78 is 2.07. The van der Waals surface area contributed by atoms with E-state index in [9.17, 15) is 14.9 Å². The lowest BCUT2D eigenvalue weighted by Crippen LogP contribution is -2.14. The van der Waals surface area contributed by atoms with E-state index in [2.05, 4.69) is 51.3 Å². The third-order valence-electron chi connectivity index (χ3n) is 5.36. The van der Waals surface area contributed by atoms with Crippen molar-refractivity contribution in [3.63, 3.8) is 0 Å². The van der Waals surface area contributed by atoms with Crippen molar-refractivity contribution in [2.75, 3.05) is 11.1 Å². The van der Waals surface area contributed by atoms with Crippen molar-refractivity contribution in [2.45, 2.75) is 43.8 Å². The molecule has 4 rings (SSSR count). The number of hydrogen-bond donors (Lipinski definition) is 1. The Labute approximate surface area is 184 Å². The first kappa shape index (κ1) is 21.0. The van der Waals surface area contributed by atoms with Crippen LogP contribution < -0.4 is 5.32 Å². The molecule has 1 heterocycles. The van der Waals surface area contributed by atoms with Crippen molar-refractivity contribution in [2.24, 2.45) is 0 Å². The maximum atomic E-state index is 12.3. The van der Waals surface area contributed by atoms with Gasteiger partial charge in [-0.1, -0.05) is 47.7 Å². The van der Waals surface area contributed by atoms with Gasteiger partial charge in [0.15, 0.2) is 5.16 Å². The lowest BCUT2D eigenvalue weighted by molar-refractivity contribution is -0.384. The zero-order valence-corrected chi connectivity index (χ0v) is 18.1. The van der Waals surface area contributed by atoms with E-state index < -0.39 is 4.92 Å². The second kappa shape index (κ2) is 8.89. The zero-order valence-electron chi connectivity index (χ0n) is 17.3. The predicted octanol–water partition coefficient (Wildman–Crippen LogP) is 4.52. The zero-order chi connectivity index (χ0) is 22.0. The number of anilines is 1. The van der Waals surface area contributed by atoms with Crippen LogP contribution in [0.4, 0.5) is 11.4 Å². The third-order valence-corrected chi connectivity index (χ3v) is 6.33. The van der Waals surface area contributed by atoms with Gasteiger partial charge in [0.05, 0.1) is 10.7 Å². The van der Waals surface area contributed by atoms with E-state index in [1.54, 1.807) is 12.1 Å². The van der Waals surface area contributed by atoms with Gasteiger partial charge in [0.25, 0.3) is 5.69 Å². The lowest BCUT2D eigenvalue weighted by atomic mass is 10.1. The van der Waals surface area contributed by atoms with Crippen molar-refractivity contribution < 1.29 is 9.72 Å². The number of nitro benzene ring substituents is 1. The number of amides is 1. The van der Waals surface area contributed by atoms with Gasteiger partial charge in [-0.25, -0.2) is 0 Å². The Morgan fingerprint density at radius 1 is 1.23 bits per heavy atom. The van der Waals surface area contributed by atoms with Gasteiger partial charge in [0.2, 0.25) is 5.91 Å². The molecule has 0 bridgehead atoms. The fourth-order valence-corrected chi connectivity index (χ4v) is 4.47. The predicted molar refractivity (Wildman–Crippen MR) is 119 cm³/mol. The minimum Gasteiger partial charge on any atom is -0.325 e. The van der Waals surface area contributed by atoms with E-state index in [0.717, 1.165) is 18.8 Å². The maximum absolute atomic E-state index is 12.3. The molecule has 0 aliphatic heterocycles. The second-order valence-corrected chi connectivity index (χ2v) is 8.53. The second-order valence-electron chi connectivity index (χ2n) is 7.59. The molecule has 9 heteroatoms. The van der Waals surface area contributed by atoms with E-state index in [-0.39, 0.29) is 17.3 Å².